The number of piperazine rings is 1. The third-order valence-electron chi connectivity index (χ3n) is 5.93. The standard InChI is InChI=1S/C23H31N3O3S/c1-18-10-11-22(16-19(18)2)30(28,29)26-14-12-25(13-15-26)20(3)23(27)24(4)17-21-8-6-5-7-9-21/h5-11,16,20H,12-15,17H2,1-4H3/t20-/m0/s1. The van der Waals surface area contributed by atoms with E-state index in [1.807, 2.05) is 64.2 Å². The molecule has 0 unspecified atom stereocenters. The van der Waals surface area contributed by atoms with E-state index in [0.29, 0.717) is 37.6 Å². The molecule has 0 radical (unpaired) electrons. The van der Waals surface area contributed by atoms with Crippen LogP contribution in [0.25, 0.3) is 0 Å². The second-order valence-corrected chi connectivity index (χ2v) is 9.98. The Balaban J connectivity index is 1.60. The molecule has 1 aliphatic heterocycles. The van der Waals surface area contributed by atoms with Gasteiger partial charge in [0.05, 0.1) is 10.9 Å². The number of nitrogens with zero attached hydrogens (tertiary/aromatic N) is 3. The zero-order chi connectivity index (χ0) is 21.9. The number of benzene rings is 2. The first-order valence-electron chi connectivity index (χ1n) is 10.3. The molecule has 1 heterocycles. The van der Waals surface area contributed by atoms with Gasteiger partial charge in [-0.25, -0.2) is 8.42 Å². The molecule has 0 saturated carbocycles. The minimum Gasteiger partial charge on any atom is -0.340 e. The van der Waals surface area contributed by atoms with Crippen molar-refractivity contribution in [3.63, 3.8) is 0 Å². The second kappa shape index (κ2) is 9.29. The number of carbonyl (C=O) groups excluding carboxylic acids is 1. The van der Waals surface area contributed by atoms with Gasteiger partial charge in [0.2, 0.25) is 15.9 Å². The number of likely N-dealkylation sites (N-methyl/N-ethyl adjacent to an activating group) is 1. The van der Waals surface area contributed by atoms with E-state index in [1.165, 1.54) is 4.31 Å². The van der Waals surface area contributed by atoms with Crippen LogP contribution in [0.1, 0.15) is 23.6 Å². The van der Waals surface area contributed by atoms with Crippen molar-refractivity contribution in [3.8, 4) is 0 Å². The Kier molecular flexibility index (Phi) is 6.95. The van der Waals surface area contributed by atoms with Crippen LogP contribution in [0.3, 0.4) is 0 Å². The molecule has 1 saturated heterocycles. The summed E-state index contributed by atoms with van der Waals surface area (Å²) in [5.74, 6) is 0.0457. The minimum atomic E-state index is -3.52. The highest BCUT2D eigenvalue weighted by molar-refractivity contribution is 7.89. The fourth-order valence-corrected chi connectivity index (χ4v) is 5.27. The topological polar surface area (TPSA) is 60.9 Å². The van der Waals surface area contributed by atoms with Gasteiger partial charge in [-0.05, 0) is 49.6 Å². The van der Waals surface area contributed by atoms with Gasteiger partial charge in [0.25, 0.3) is 0 Å². The molecule has 0 aromatic heterocycles. The molecular weight excluding hydrogens is 398 g/mol. The molecule has 30 heavy (non-hydrogen) atoms. The number of hydrogen-bond acceptors (Lipinski definition) is 4. The summed E-state index contributed by atoms with van der Waals surface area (Å²) in [6.07, 6.45) is 0. The first kappa shape index (κ1) is 22.5. The summed E-state index contributed by atoms with van der Waals surface area (Å²) in [6.45, 7) is 8.20. The monoisotopic (exact) mass is 429 g/mol. The van der Waals surface area contributed by atoms with Gasteiger partial charge in [0, 0.05) is 39.8 Å². The Morgan fingerprint density at radius 1 is 1.00 bits per heavy atom. The first-order chi connectivity index (χ1) is 14.2. The van der Waals surface area contributed by atoms with Crippen LogP contribution in [0.4, 0.5) is 0 Å². The molecule has 1 aliphatic rings. The number of rotatable bonds is 6. The SMILES string of the molecule is Cc1ccc(S(=O)(=O)N2CCN([C@@H](C)C(=O)N(C)Cc3ccccc3)CC2)cc1C. The Morgan fingerprint density at radius 2 is 1.63 bits per heavy atom. The summed E-state index contributed by atoms with van der Waals surface area (Å²) < 4.78 is 27.5. The Labute approximate surface area is 180 Å². The molecule has 1 atom stereocenters. The molecule has 7 heteroatoms. The van der Waals surface area contributed by atoms with Gasteiger partial charge in [-0.2, -0.15) is 4.31 Å². The number of carbonyl (C=O) groups is 1. The summed E-state index contributed by atoms with van der Waals surface area (Å²) >= 11 is 0. The largest absolute Gasteiger partial charge is 0.340 e. The predicted molar refractivity (Wildman–Crippen MR) is 119 cm³/mol. The highest BCUT2D eigenvalue weighted by Gasteiger charge is 2.32. The summed E-state index contributed by atoms with van der Waals surface area (Å²) in [4.78, 5) is 17.0. The van der Waals surface area contributed by atoms with E-state index in [9.17, 15) is 13.2 Å². The minimum absolute atomic E-state index is 0.0457. The molecule has 3 rings (SSSR count). The lowest BCUT2D eigenvalue weighted by Crippen LogP contribution is -2.54. The molecule has 1 fully saturated rings. The van der Waals surface area contributed by atoms with Crippen LogP contribution >= 0.6 is 0 Å². The molecule has 0 bridgehead atoms. The maximum absolute atomic E-state index is 13.0. The average molecular weight is 430 g/mol. The van der Waals surface area contributed by atoms with E-state index in [4.69, 9.17) is 0 Å². The zero-order valence-electron chi connectivity index (χ0n) is 18.2. The molecule has 2 aromatic carbocycles. The van der Waals surface area contributed by atoms with Crippen molar-refractivity contribution in [1.29, 1.82) is 0 Å². The number of aryl methyl sites for hydroxylation is 2. The zero-order valence-corrected chi connectivity index (χ0v) is 19.0. The average Bonchev–Trinajstić information content (AvgIpc) is 2.75. The van der Waals surface area contributed by atoms with E-state index < -0.39 is 10.0 Å². The molecule has 6 nitrogen and oxygen atoms in total. The lowest BCUT2D eigenvalue weighted by molar-refractivity contribution is -0.136. The van der Waals surface area contributed by atoms with Crippen LogP contribution in [0.2, 0.25) is 0 Å². The van der Waals surface area contributed by atoms with Crippen molar-refractivity contribution in [2.45, 2.75) is 38.3 Å². The molecule has 1 amide bonds. The van der Waals surface area contributed by atoms with E-state index in [0.717, 1.165) is 16.7 Å². The van der Waals surface area contributed by atoms with Gasteiger partial charge in [0.1, 0.15) is 0 Å². The van der Waals surface area contributed by atoms with Gasteiger partial charge in [-0.3, -0.25) is 9.69 Å². The van der Waals surface area contributed by atoms with Crippen molar-refractivity contribution in [2.24, 2.45) is 0 Å². The number of hydrogen-bond donors (Lipinski definition) is 0. The van der Waals surface area contributed by atoms with Crippen LogP contribution in [-0.4, -0.2) is 67.7 Å². The summed E-state index contributed by atoms with van der Waals surface area (Å²) in [7, 11) is -1.70. The van der Waals surface area contributed by atoms with Crippen LogP contribution in [0, 0.1) is 13.8 Å². The van der Waals surface area contributed by atoms with Gasteiger partial charge < -0.3 is 4.90 Å². The van der Waals surface area contributed by atoms with Crippen molar-refractivity contribution in [2.75, 3.05) is 33.2 Å². The van der Waals surface area contributed by atoms with Gasteiger partial charge in [-0.15, -0.1) is 0 Å². The maximum Gasteiger partial charge on any atom is 0.243 e. The molecule has 0 N–H and O–H groups in total. The number of sulfonamides is 1. The quantitative estimate of drug-likeness (QED) is 0.708. The molecule has 2 aromatic rings. The van der Waals surface area contributed by atoms with E-state index in [1.54, 1.807) is 17.0 Å². The van der Waals surface area contributed by atoms with Crippen molar-refractivity contribution in [1.82, 2.24) is 14.1 Å². The lowest BCUT2D eigenvalue weighted by Gasteiger charge is -2.38. The molecule has 0 aliphatic carbocycles. The van der Waals surface area contributed by atoms with Crippen molar-refractivity contribution in [3.05, 3.63) is 65.2 Å². The van der Waals surface area contributed by atoms with Crippen molar-refractivity contribution < 1.29 is 13.2 Å². The van der Waals surface area contributed by atoms with E-state index in [-0.39, 0.29) is 11.9 Å². The summed E-state index contributed by atoms with van der Waals surface area (Å²) in [5, 5.41) is 0. The summed E-state index contributed by atoms with van der Waals surface area (Å²) in [5.41, 5.74) is 3.13. The van der Waals surface area contributed by atoms with Crippen LogP contribution in [0.5, 0.6) is 0 Å². The van der Waals surface area contributed by atoms with Gasteiger partial charge in [-0.1, -0.05) is 36.4 Å². The fraction of sp³-hybridized carbons (Fsp3) is 0.435. The lowest BCUT2D eigenvalue weighted by atomic mass is 10.1. The third kappa shape index (κ3) is 4.91. The number of amides is 1. The second-order valence-electron chi connectivity index (χ2n) is 8.04. The molecule has 0 spiro atoms. The Hall–Kier alpha value is -2.22. The first-order valence-corrected chi connectivity index (χ1v) is 11.7. The third-order valence-corrected chi connectivity index (χ3v) is 7.83. The van der Waals surface area contributed by atoms with Crippen LogP contribution in [0.15, 0.2) is 53.4 Å². The Bertz CT molecular complexity index is 984. The smallest absolute Gasteiger partial charge is 0.243 e. The molecule has 162 valence electrons. The Morgan fingerprint density at radius 3 is 2.23 bits per heavy atom. The van der Waals surface area contributed by atoms with E-state index in [2.05, 4.69) is 4.90 Å². The van der Waals surface area contributed by atoms with Crippen LogP contribution < -0.4 is 0 Å². The normalized spacial score (nSPS) is 16.9. The summed E-state index contributed by atoms with van der Waals surface area (Å²) in [6, 6.07) is 14.9. The highest BCUT2D eigenvalue weighted by Crippen LogP contribution is 2.21. The van der Waals surface area contributed by atoms with Crippen LogP contribution in [-0.2, 0) is 21.4 Å². The highest BCUT2D eigenvalue weighted by atomic mass is 32.2. The maximum atomic E-state index is 13.0. The predicted octanol–water partition coefficient (Wildman–Crippen LogP) is 2.66. The van der Waals surface area contributed by atoms with Gasteiger partial charge >= 0.3 is 0 Å². The van der Waals surface area contributed by atoms with Crippen molar-refractivity contribution >= 4 is 15.9 Å². The molecular formula is C23H31N3O3S. The van der Waals surface area contributed by atoms with Gasteiger partial charge in [0.15, 0.2) is 0 Å². The fourth-order valence-electron chi connectivity index (χ4n) is 3.76. The van der Waals surface area contributed by atoms with E-state index >= 15 is 0 Å².